The summed E-state index contributed by atoms with van der Waals surface area (Å²) in [6.45, 7) is 3.35. The molecule has 1 aliphatic carbocycles. The second-order valence-corrected chi connectivity index (χ2v) is 6.98. The zero-order valence-electron chi connectivity index (χ0n) is 14.1. The van der Waals surface area contributed by atoms with Crippen LogP contribution in [0.25, 0.3) is 11.4 Å². The van der Waals surface area contributed by atoms with Gasteiger partial charge in [0.2, 0.25) is 5.91 Å². The lowest BCUT2D eigenvalue weighted by molar-refractivity contribution is -0.123. The van der Waals surface area contributed by atoms with E-state index in [1.165, 1.54) is 6.33 Å². The number of benzene rings is 1. The van der Waals surface area contributed by atoms with E-state index in [1.807, 2.05) is 17.0 Å². The molecule has 1 aromatic carbocycles. The molecule has 0 spiro atoms. The van der Waals surface area contributed by atoms with Crippen molar-refractivity contribution in [2.24, 2.45) is 11.8 Å². The highest BCUT2D eigenvalue weighted by Crippen LogP contribution is 2.37. The number of H-pyrrole nitrogens is 1. The predicted molar refractivity (Wildman–Crippen MR) is 91.5 cm³/mol. The van der Waals surface area contributed by atoms with Gasteiger partial charge in [0.1, 0.15) is 6.33 Å². The van der Waals surface area contributed by atoms with Crippen LogP contribution in [0.5, 0.6) is 0 Å². The zero-order chi connectivity index (χ0) is 17.4. The van der Waals surface area contributed by atoms with E-state index in [2.05, 4.69) is 27.4 Å². The van der Waals surface area contributed by atoms with Gasteiger partial charge in [-0.25, -0.2) is 4.98 Å². The SMILES string of the molecule is CC1CC1C(=O)NC1CCN(C(=O)c2ccc(-c3ncn[nH]3)cc2)C1. The molecule has 130 valence electrons. The Hall–Kier alpha value is -2.70. The van der Waals surface area contributed by atoms with E-state index >= 15 is 0 Å². The molecule has 7 heteroatoms. The first-order valence-electron chi connectivity index (χ1n) is 8.67. The fourth-order valence-corrected chi connectivity index (χ4v) is 3.36. The first kappa shape index (κ1) is 15.8. The number of nitrogens with one attached hydrogen (secondary N) is 2. The highest BCUT2D eigenvalue weighted by molar-refractivity contribution is 5.95. The molecule has 3 atom stereocenters. The summed E-state index contributed by atoms with van der Waals surface area (Å²) in [4.78, 5) is 30.6. The van der Waals surface area contributed by atoms with E-state index in [9.17, 15) is 9.59 Å². The van der Waals surface area contributed by atoms with Gasteiger partial charge < -0.3 is 10.2 Å². The lowest BCUT2D eigenvalue weighted by Gasteiger charge is -2.17. The molecule has 2 fully saturated rings. The number of amides is 2. The van der Waals surface area contributed by atoms with E-state index in [0.717, 1.165) is 18.4 Å². The third-order valence-corrected chi connectivity index (χ3v) is 5.09. The average molecular weight is 339 g/mol. The number of likely N-dealkylation sites (tertiary alicyclic amines) is 1. The Kier molecular flexibility index (Phi) is 3.99. The van der Waals surface area contributed by atoms with Crippen molar-refractivity contribution < 1.29 is 9.59 Å². The molecule has 0 bridgehead atoms. The largest absolute Gasteiger partial charge is 0.351 e. The number of aromatic amines is 1. The van der Waals surface area contributed by atoms with E-state index in [-0.39, 0.29) is 23.8 Å². The predicted octanol–water partition coefficient (Wildman–Crippen LogP) is 1.46. The van der Waals surface area contributed by atoms with Gasteiger partial charge in [-0.15, -0.1) is 0 Å². The number of rotatable bonds is 4. The van der Waals surface area contributed by atoms with Gasteiger partial charge >= 0.3 is 0 Å². The van der Waals surface area contributed by atoms with Crippen LogP contribution < -0.4 is 5.32 Å². The maximum Gasteiger partial charge on any atom is 0.253 e. The van der Waals surface area contributed by atoms with Crippen LogP contribution in [-0.2, 0) is 4.79 Å². The molecule has 1 saturated carbocycles. The maximum absolute atomic E-state index is 12.7. The molecule has 2 aromatic rings. The molecule has 2 amide bonds. The number of aromatic nitrogens is 3. The summed E-state index contributed by atoms with van der Waals surface area (Å²) in [5.74, 6) is 1.50. The van der Waals surface area contributed by atoms with Crippen molar-refractivity contribution in [1.29, 1.82) is 0 Å². The van der Waals surface area contributed by atoms with Crippen LogP contribution in [0.1, 0.15) is 30.1 Å². The van der Waals surface area contributed by atoms with E-state index in [4.69, 9.17) is 0 Å². The van der Waals surface area contributed by atoms with Gasteiger partial charge in [0.05, 0.1) is 0 Å². The van der Waals surface area contributed by atoms with Crippen LogP contribution >= 0.6 is 0 Å². The quantitative estimate of drug-likeness (QED) is 0.882. The molecule has 1 aliphatic heterocycles. The zero-order valence-corrected chi connectivity index (χ0v) is 14.1. The number of hydrogen-bond acceptors (Lipinski definition) is 4. The Morgan fingerprint density at radius 2 is 2.04 bits per heavy atom. The van der Waals surface area contributed by atoms with Crippen LogP contribution in [0.4, 0.5) is 0 Å². The summed E-state index contributed by atoms with van der Waals surface area (Å²) in [6.07, 6.45) is 3.25. The highest BCUT2D eigenvalue weighted by Gasteiger charge is 2.40. The summed E-state index contributed by atoms with van der Waals surface area (Å²) in [5.41, 5.74) is 1.53. The molecule has 25 heavy (non-hydrogen) atoms. The van der Waals surface area contributed by atoms with E-state index < -0.39 is 0 Å². The Bertz CT molecular complexity index is 771. The molecule has 2 N–H and O–H groups in total. The molecule has 2 aliphatic rings. The lowest BCUT2D eigenvalue weighted by atomic mass is 10.1. The summed E-state index contributed by atoms with van der Waals surface area (Å²) >= 11 is 0. The Morgan fingerprint density at radius 3 is 2.68 bits per heavy atom. The number of carbonyl (C=O) groups excluding carboxylic acids is 2. The van der Waals surface area contributed by atoms with Crippen LogP contribution in [0, 0.1) is 11.8 Å². The summed E-state index contributed by atoms with van der Waals surface area (Å²) in [6, 6.07) is 7.39. The standard InChI is InChI=1S/C18H21N5O2/c1-11-8-15(11)17(24)21-14-6-7-23(9-14)18(25)13-4-2-12(3-5-13)16-19-10-20-22-16/h2-5,10-11,14-15H,6-9H2,1H3,(H,21,24)(H,19,20,22). The Morgan fingerprint density at radius 1 is 1.28 bits per heavy atom. The molecule has 7 nitrogen and oxygen atoms in total. The first-order valence-corrected chi connectivity index (χ1v) is 8.67. The van der Waals surface area contributed by atoms with Crippen molar-refractivity contribution >= 4 is 11.8 Å². The summed E-state index contributed by atoms with van der Waals surface area (Å²) in [5, 5.41) is 9.71. The minimum Gasteiger partial charge on any atom is -0.351 e. The molecule has 2 heterocycles. The minimum atomic E-state index is 0.000610. The molecule has 4 rings (SSSR count). The van der Waals surface area contributed by atoms with Crippen LogP contribution in [0.2, 0.25) is 0 Å². The van der Waals surface area contributed by atoms with Gasteiger partial charge in [0.15, 0.2) is 5.82 Å². The highest BCUT2D eigenvalue weighted by atomic mass is 16.2. The number of hydrogen-bond donors (Lipinski definition) is 2. The van der Waals surface area contributed by atoms with Crippen molar-refractivity contribution in [3.8, 4) is 11.4 Å². The lowest BCUT2D eigenvalue weighted by Crippen LogP contribution is -2.39. The van der Waals surface area contributed by atoms with Crippen molar-refractivity contribution in [3.63, 3.8) is 0 Å². The van der Waals surface area contributed by atoms with E-state index in [1.54, 1.807) is 12.1 Å². The monoisotopic (exact) mass is 339 g/mol. The van der Waals surface area contributed by atoms with Gasteiger partial charge in [-0.3, -0.25) is 14.7 Å². The number of carbonyl (C=O) groups is 2. The van der Waals surface area contributed by atoms with Gasteiger partial charge in [-0.05, 0) is 30.9 Å². The van der Waals surface area contributed by atoms with Crippen LogP contribution in [0.3, 0.4) is 0 Å². The van der Waals surface area contributed by atoms with Crippen molar-refractivity contribution in [2.45, 2.75) is 25.8 Å². The van der Waals surface area contributed by atoms with Gasteiger partial charge in [-0.1, -0.05) is 19.1 Å². The summed E-state index contributed by atoms with van der Waals surface area (Å²) < 4.78 is 0. The maximum atomic E-state index is 12.7. The molecular weight excluding hydrogens is 318 g/mol. The number of nitrogens with zero attached hydrogens (tertiary/aromatic N) is 3. The van der Waals surface area contributed by atoms with Gasteiger partial charge in [0.25, 0.3) is 5.91 Å². The third-order valence-electron chi connectivity index (χ3n) is 5.09. The van der Waals surface area contributed by atoms with Gasteiger partial charge in [0, 0.05) is 36.2 Å². The minimum absolute atomic E-state index is 0.000610. The van der Waals surface area contributed by atoms with Crippen molar-refractivity contribution in [1.82, 2.24) is 25.4 Å². The molecule has 1 saturated heterocycles. The fourth-order valence-electron chi connectivity index (χ4n) is 3.36. The first-order chi connectivity index (χ1) is 12.1. The molecule has 1 aromatic heterocycles. The van der Waals surface area contributed by atoms with Crippen molar-refractivity contribution in [2.75, 3.05) is 13.1 Å². The smallest absolute Gasteiger partial charge is 0.253 e. The second-order valence-electron chi connectivity index (χ2n) is 6.98. The topological polar surface area (TPSA) is 91.0 Å². The van der Waals surface area contributed by atoms with E-state index in [0.29, 0.717) is 30.4 Å². The Balaban J connectivity index is 1.36. The van der Waals surface area contributed by atoms with Gasteiger partial charge in [-0.2, -0.15) is 5.10 Å². The third kappa shape index (κ3) is 3.26. The second kappa shape index (κ2) is 6.31. The normalized spacial score (nSPS) is 25.0. The Labute approximate surface area is 145 Å². The summed E-state index contributed by atoms with van der Waals surface area (Å²) in [7, 11) is 0. The van der Waals surface area contributed by atoms with Crippen molar-refractivity contribution in [3.05, 3.63) is 36.2 Å². The molecular formula is C18H21N5O2. The van der Waals surface area contributed by atoms with Crippen LogP contribution in [-0.4, -0.2) is 51.0 Å². The average Bonchev–Trinajstić information content (AvgIpc) is 3.05. The van der Waals surface area contributed by atoms with Crippen LogP contribution in [0.15, 0.2) is 30.6 Å². The molecule has 0 radical (unpaired) electrons. The fraction of sp³-hybridized carbons (Fsp3) is 0.444. The molecule has 3 unspecified atom stereocenters.